The summed E-state index contributed by atoms with van der Waals surface area (Å²) >= 11 is 5.98. The summed E-state index contributed by atoms with van der Waals surface area (Å²) in [5.41, 5.74) is -0.573. The van der Waals surface area contributed by atoms with Crippen LogP contribution in [0, 0.1) is 0 Å². The van der Waals surface area contributed by atoms with E-state index < -0.39 is 36.3 Å². The first-order valence-corrected chi connectivity index (χ1v) is 9.54. The average molecular weight is 476 g/mol. The number of fused-ring (bicyclic) bond motifs is 1. The highest BCUT2D eigenvalue weighted by atomic mass is 35.5. The molecule has 3 aromatic heterocycles. The SMILES string of the molecule is CC(C)(O)C(=O)Nc1nccc2nn(Cc3cnc(OCC(F)(F)C(F)F)c(Cl)c3)cc12. The van der Waals surface area contributed by atoms with E-state index in [-0.39, 0.29) is 17.4 Å². The van der Waals surface area contributed by atoms with Gasteiger partial charge in [-0.3, -0.25) is 9.48 Å². The molecule has 0 atom stereocenters. The molecular weight excluding hydrogens is 458 g/mol. The predicted octanol–water partition coefficient (Wildman–Crippen LogP) is 3.52. The molecule has 0 bridgehead atoms. The molecule has 172 valence electrons. The number of anilines is 1. The van der Waals surface area contributed by atoms with Crippen molar-refractivity contribution in [2.75, 3.05) is 11.9 Å². The highest BCUT2D eigenvalue weighted by Gasteiger charge is 2.42. The van der Waals surface area contributed by atoms with Gasteiger partial charge in [0.1, 0.15) is 16.4 Å². The van der Waals surface area contributed by atoms with Crippen LogP contribution in [0.4, 0.5) is 23.4 Å². The Hall–Kier alpha value is -2.99. The molecule has 1 amide bonds. The first-order chi connectivity index (χ1) is 14.9. The van der Waals surface area contributed by atoms with Crippen LogP contribution in [-0.2, 0) is 11.3 Å². The number of carbonyl (C=O) groups is 1. The van der Waals surface area contributed by atoms with Gasteiger partial charge in [0, 0.05) is 18.6 Å². The van der Waals surface area contributed by atoms with Crippen LogP contribution in [0.1, 0.15) is 19.4 Å². The number of hydrogen-bond acceptors (Lipinski definition) is 6. The standard InChI is InChI=1S/C19H18ClF4N5O3/c1-18(2,31)17(30)27-14-11-8-29(28-13(11)3-4-25-14)7-10-5-12(20)15(26-6-10)32-9-19(23,24)16(21)22/h3-6,8,16,31H,7,9H2,1-2H3,(H,25,27,30). The van der Waals surface area contributed by atoms with Crippen LogP contribution >= 0.6 is 11.6 Å². The van der Waals surface area contributed by atoms with E-state index in [1.165, 1.54) is 37.0 Å². The van der Waals surface area contributed by atoms with Gasteiger partial charge in [0.05, 0.1) is 17.4 Å². The van der Waals surface area contributed by atoms with Crippen LogP contribution in [0.25, 0.3) is 10.9 Å². The lowest BCUT2D eigenvalue weighted by atomic mass is 10.1. The molecule has 32 heavy (non-hydrogen) atoms. The van der Waals surface area contributed by atoms with Crippen molar-refractivity contribution in [1.82, 2.24) is 19.7 Å². The number of aromatic nitrogens is 4. The molecule has 0 saturated heterocycles. The molecular formula is C19H18ClF4N5O3. The predicted molar refractivity (Wildman–Crippen MR) is 107 cm³/mol. The summed E-state index contributed by atoms with van der Waals surface area (Å²) in [5.74, 6) is -5.16. The topological polar surface area (TPSA) is 102 Å². The molecule has 0 aromatic carbocycles. The van der Waals surface area contributed by atoms with Crippen molar-refractivity contribution in [2.24, 2.45) is 0 Å². The Morgan fingerprint density at radius 2 is 2.06 bits per heavy atom. The second-order valence-corrected chi connectivity index (χ2v) is 7.82. The fraction of sp³-hybridized carbons (Fsp3) is 0.368. The number of nitrogens with zero attached hydrogens (tertiary/aromatic N) is 4. The lowest BCUT2D eigenvalue weighted by Gasteiger charge is -2.16. The molecule has 0 spiro atoms. The smallest absolute Gasteiger partial charge is 0.340 e. The van der Waals surface area contributed by atoms with Crippen molar-refractivity contribution in [3.8, 4) is 5.88 Å². The molecule has 0 saturated carbocycles. The lowest BCUT2D eigenvalue weighted by molar-refractivity contribution is -0.148. The van der Waals surface area contributed by atoms with Gasteiger partial charge in [0.25, 0.3) is 5.91 Å². The van der Waals surface area contributed by atoms with Crippen molar-refractivity contribution in [3.05, 3.63) is 41.3 Å². The van der Waals surface area contributed by atoms with Crippen LogP contribution in [0.15, 0.2) is 30.7 Å². The number of alkyl halides is 4. The molecule has 0 unspecified atom stereocenters. The zero-order valence-electron chi connectivity index (χ0n) is 16.8. The third kappa shape index (κ3) is 5.43. The number of rotatable bonds is 8. The zero-order valence-corrected chi connectivity index (χ0v) is 17.6. The molecule has 3 rings (SSSR count). The van der Waals surface area contributed by atoms with E-state index >= 15 is 0 Å². The maximum atomic E-state index is 13.0. The van der Waals surface area contributed by atoms with Gasteiger partial charge in [-0.15, -0.1) is 0 Å². The maximum absolute atomic E-state index is 13.0. The summed E-state index contributed by atoms with van der Waals surface area (Å²) < 4.78 is 56.6. The van der Waals surface area contributed by atoms with Crippen LogP contribution in [0.3, 0.4) is 0 Å². The van der Waals surface area contributed by atoms with E-state index in [4.69, 9.17) is 11.6 Å². The fourth-order valence-electron chi connectivity index (χ4n) is 2.51. The quantitative estimate of drug-likeness (QED) is 0.483. The second kappa shape index (κ2) is 8.87. The number of amides is 1. The van der Waals surface area contributed by atoms with Crippen molar-refractivity contribution in [3.63, 3.8) is 0 Å². The number of hydrogen-bond donors (Lipinski definition) is 2. The molecule has 8 nitrogen and oxygen atoms in total. The van der Waals surface area contributed by atoms with Gasteiger partial charge in [-0.25, -0.2) is 18.7 Å². The minimum atomic E-state index is -4.33. The maximum Gasteiger partial charge on any atom is 0.340 e. The number of halogens is 5. The Balaban J connectivity index is 1.76. The van der Waals surface area contributed by atoms with Crippen LogP contribution < -0.4 is 10.1 Å². The van der Waals surface area contributed by atoms with Crippen LogP contribution in [0.5, 0.6) is 5.88 Å². The van der Waals surface area contributed by atoms with E-state index in [0.717, 1.165) is 0 Å². The molecule has 0 aliphatic rings. The van der Waals surface area contributed by atoms with E-state index in [1.54, 1.807) is 12.3 Å². The van der Waals surface area contributed by atoms with Crippen molar-refractivity contribution >= 4 is 34.2 Å². The second-order valence-electron chi connectivity index (χ2n) is 7.41. The van der Waals surface area contributed by atoms with Gasteiger partial charge in [0.2, 0.25) is 5.88 Å². The molecule has 3 aromatic rings. The highest BCUT2D eigenvalue weighted by molar-refractivity contribution is 6.31. The van der Waals surface area contributed by atoms with E-state index in [9.17, 15) is 27.5 Å². The lowest BCUT2D eigenvalue weighted by Crippen LogP contribution is -2.36. The van der Waals surface area contributed by atoms with E-state index in [1.807, 2.05) is 0 Å². The Morgan fingerprint density at radius 3 is 2.69 bits per heavy atom. The van der Waals surface area contributed by atoms with Gasteiger partial charge in [-0.1, -0.05) is 11.6 Å². The van der Waals surface area contributed by atoms with Gasteiger partial charge in [-0.2, -0.15) is 13.9 Å². The number of ether oxygens (including phenoxy) is 1. The summed E-state index contributed by atoms with van der Waals surface area (Å²) in [7, 11) is 0. The summed E-state index contributed by atoms with van der Waals surface area (Å²) in [5, 5.41) is 17.1. The van der Waals surface area contributed by atoms with Crippen molar-refractivity contribution in [1.29, 1.82) is 0 Å². The van der Waals surface area contributed by atoms with Gasteiger partial charge in [-0.05, 0) is 31.5 Å². The van der Waals surface area contributed by atoms with Gasteiger partial charge < -0.3 is 15.2 Å². The minimum Gasteiger partial charge on any atom is -0.470 e. The number of carbonyl (C=O) groups excluding carboxylic acids is 1. The summed E-state index contributed by atoms with van der Waals surface area (Å²) in [6.07, 6.45) is 0.453. The van der Waals surface area contributed by atoms with E-state index in [2.05, 4.69) is 25.1 Å². The highest BCUT2D eigenvalue weighted by Crippen LogP contribution is 2.28. The molecule has 0 aliphatic heterocycles. The molecule has 0 aliphatic carbocycles. The fourth-order valence-corrected chi connectivity index (χ4v) is 2.75. The number of nitrogens with one attached hydrogen (secondary N) is 1. The third-order valence-electron chi connectivity index (χ3n) is 4.20. The first kappa shape index (κ1) is 23.7. The number of aliphatic hydroxyl groups is 1. The van der Waals surface area contributed by atoms with Gasteiger partial charge >= 0.3 is 12.3 Å². The van der Waals surface area contributed by atoms with Gasteiger partial charge in [0.15, 0.2) is 6.61 Å². The van der Waals surface area contributed by atoms with Crippen molar-refractivity contribution < 1.29 is 32.2 Å². The van der Waals surface area contributed by atoms with E-state index in [0.29, 0.717) is 16.5 Å². The van der Waals surface area contributed by atoms with Crippen LogP contribution in [0.2, 0.25) is 5.02 Å². The Labute approximate surface area is 184 Å². The molecule has 2 N–H and O–H groups in total. The average Bonchev–Trinajstić information content (AvgIpc) is 3.10. The molecule has 0 radical (unpaired) electrons. The molecule has 0 fully saturated rings. The minimum absolute atomic E-state index is 0.135. The Bertz CT molecular complexity index is 1130. The zero-order chi connectivity index (χ0) is 23.7. The Morgan fingerprint density at radius 1 is 1.34 bits per heavy atom. The van der Waals surface area contributed by atoms with Crippen LogP contribution in [-0.4, -0.2) is 55.3 Å². The summed E-state index contributed by atoms with van der Waals surface area (Å²) in [6.45, 7) is 1.27. The summed E-state index contributed by atoms with van der Waals surface area (Å²) in [6, 6.07) is 3.00. The largest absolute Gasteiger partial charge is 0.470 e. The summed E-state index contributed by atoms with van der Waals surface area (Å²) in [4.78, 5) is 19.9. The van der Waals surface area contributed by atoms with Crippen molar-refractivity contribution in [2.45, 2.75) is 38.3 Å². The Kier molecular flexibility index (Phi) is 6.56. The normalized spacial score (nSPS) is 12.4. The number of pyridine rings is 2. The monoisotopic (exact) mass is 475 g/mol. The molecule has 13 heteroatoms. The third-order valence-corrected chi connectivity index (χ3v) is 4.47. The first-order valence-electron chi connectivity index (χ1n) is 9.16. The molecule has 3 heterocycles.